The summed E-state index contributed by atoms with van der Waals surface area (Å²) in [5, 5.41) is 4.70. The van der Waals surface area contributed by atoms with Crippen LogP contribution in [-0.4, -0.2) is 0 Å². The first-order valence-corrected chi connectivity index (χ1v) is 20.5. The molecule has 0 aliphatic heterocycles. The second-order valence-electron chi connectivity index (χ2n) is 15.2. The molecule has 0 aliphatic carbocycles. The molecule has 0 radical (unpaired) electrons. The molecular weight excluding hydrogens is 727 g/mol. The second-order valence-corrected chi connectivity index (χ2v) is 15.2. The first kappa shape index (κ1) is 35.2. The monoisotopic (exact) mass is 765 g/mol. The fourth-order valence-electron chi connectivity index (χ4n) is 8.94. The van der Waals surface area contributed by atoms with Gasteiger partial charge in [-0.15, -0.1) is 0 Å². The highest BCUT2D eigenvalue weighted by Crippen LogP contribution is 2.47. The molecule has 0 unspecified atom stereocenters. The van der Waals surface area contributed by atoms with Gasteiger partial charge in [-0.2, -0.15) is 0 Å². The fourth-order valence-corrected chi connectivity index (χ4v) is 8.94. The quantitative estimate of drug-likeness (QED) is 0.153. The zero-order valence-electron chi connectivity index (χ0n) is 32.9. The van der Waals surface area contributed by atoms with E-state index in [-0.39, 0.29) is 0 Å². The molecule has 1 aromatic heterocycles. The van der Waals surface area contributed by atoms with Gasteiger partial charge in [-0.25, -0.2) is 0 Å². The summed E-state index contributed by atoms with van der Waals surface area (Å²) in [6, 6.07) is 84.9. The molecule has 2 nitrogen and oxygen atoms in total. The van der Waals surface area contributed by atoms with E-state index in [1.807, 2.05) is 12.1 Å². The number of fused-ring (bicyclic) bond motifs is 4. The first-order chi connectivity index (χ1) is 29.8. The van der Waals surface area contributed by atoms with Crippen LogP contribution in [0.3, 0.4) is 0 Å². The van der Waals surface area contributed by atoms with Gasteiger partial charge in [0.1, 0.15) is 11.2 Å². The van der Waals surface area contributed by atoms with Crippen molar-refractivity contribution in [3.8, 4) is 55.6 Å². The minimum Gasteiger partial charge on any atom is -0.455 e. The van der Waals surface area contributed by atoms with Crippen LogP contribution < -0.4 is 4.90 Å². The molecule has 2 heteroatoms. The number of anilines is 3. The Morgan fingerprint density at radius 1 is 0.283 bits per heavy atom. The van der Waals surface area contributed by atoms with Crippen molar-refractivity contribution in [1.82, 2.24) is 0 Å². The third-order valence-electron chi connectivity index (χ3n) is 11.7. The van der Waals surface area contributed by atoms with Crippen molar-refractivity contribution in [2.24, 2.45) is 0 Å². The van der Waals surface area contributed by atoms with Gasteiger partial charge in [0.2, 0.25) is 0 Å². The van der Waals surface area contributed by atoms with Crippen LogP contribution in [0.4, 0.5) is 17.1 Å². The molecule has 0 spiro atoms. The number of hydrogen-bond acceptors (Lipinski definition) is 2. The molecule has 60 heavy (non-hydrogen) atoms. The SMILES string of the molecule is c1ccc(-c2ccccc2-c2ccccc2-c2ccccc2N(c2cccc(-c3cccc4ccccc34)c2)c2cccc(-c3cccc4c3oc3ccccc34)c2)cc1. The number of hydrogen-bond donors (Lipinski definition) is 0. The summed E-state index contributed by atoms with van der Waals surface area (Å²) in [7, 11) is 0. The maximum atomic E-state index is 6.57. The van der Waals surface area contributed by atoms with Crippen LogP contribution in [0.15, 0.2) is 241 Å². The van der Waals surface area contributed by atoms with Crippen molar-refractivity contribution in [1.29, 1.82) is 0 Å². The molecule has 0 bridgehead atoms. The lowest BCUT2D eigenvalue weighted by Crippen LogP contribution is -2.11. The van der Waals surface area contributed by atoms with Gasteiger partial charge in [0.05, 0.1) is 5.69 Å². The number of rotatable bonds is 8. The standard InChI is InChI=1S/C58H39NO/c1-2-18-40(19-3-1)47-27-6-7-28-50(47)51-29-8-9-30-52(51)53-31-10-12-36-56(53)59(44-24-14-22-42(38-44)48-33-16-21-41-20-4-5-26-46(41)48)45-25-15-23-43(39-45)49-34-17-35-55-54-32-11-13-37-57(54)60-58(49)55/h1-39H. The van der Waals surface area contributed by atoms with E-state index in [1.54, 1.807) is 0 Å². The molecule has 1 heterocycles. The molecule has 0 N–H and O–H groups in total. The summed E-state index contributed by atoms with van der Waals surface area (Å²) in [5.41, 5.74) is 16.6. The molecule has 10 aromatic carbocycles. The van der Waals surface area contributed by atoms with E-state index in [4.69, 9.17) is 4.42 Å². The van der Waals surface area contributed by atoms with Crippen LogP contribution in [0.1, 0.15) is 0 Å². The highest BCUT2D eigenvalue weighted by molar-refractivity contribution is 6.10. The largest absolute Gasteiger partial charge is 0.455 e. The third kappa shape index (κ3) is 6.23. The number of para-hydroxylation sites is 3. The minimum absolute atomic E-state index is 0.893. The Morgan fingerprint density at radius 3 is 1.52 bits per heavy atom. The topological polar surface area (TPSA) is 16.4 Å². The average Bonchev–Trinajstić information content (AvgIpc) is 3.71. The van der Waals surface area contributed by atoms with E-state index in [2.05, 4.69) is 229 Å². The lowest BCUT2D eigenvalue weighted by atomic mass is 9.88. The smallest absolute Gasteiger partial charge is 0.143 e. The lowest BCUT2D eigenvalue weighted by Gasteiger charge is -2.29. The predicted octanol–water partition coefficient (Wildman–Crippen LogP) is 16.5. The number of benzene rings is 10. The maximum absolute atomic E-state index is 6.57. The zero-order chi connectivity index (χ0) is 39.8. The van der Waals surface area contributed by atoms with Crippen molar-refractivity contribution in [3.05, 3.63) is 237 Å². The number of furan rings is 1. The van der Waals surface area contributed by atoms with Gasteiger partial charge in [0.25, 0.3) is 0 Å². The summed E-state index contributed by atoms with van der Waals surface area (Å²) in [5.74, 6) is 0. The maximum Gasteiger partial charge on any atom is 0.143 e. The Morgan fingerprint density at radius 2 is 0.750 bits per heavy atom. The van der Waals surface area contributed by atoms with E-state index in [0.717, 1.165) is 66.8 Å². The van der Waals surface area contributed by atoms with E-state index in [1.165, 1.54) is 38.6 Å². The molecule has 0 aliphatic rings. The number of nitrogens with zero attached hydrogens (tertiary/aromatic N) is 1. The molecule has 282 valence electrons. The second kappa shape index (κ2) is 15.1. The zero-order valence-corrected chi connectivity index (χ0v) is 32.9. The van der Waals surface area contributed by atoms with Crippen molar-refractivity contribution >= 4 is 49.8 Å². The van der Waals surface area contributed by atoms with Gasteiger partial charge in [-0.05, 0) is 91.7 Å². The Bertz CT molecular complexity index is 3330. The third-order valence-corrected chi connectivity index (χ3v) is 11.7. The van der Waals surface area contributed by atoms with Gasteiger partial charge in [-0.3, -0.25) is 0 Å². The molecule has 0 fully saturated rings. The Labute approximate surface area is 349 Å². The van der Waals surface area contributed by atoms with Crippen LogP contribution in [0, 0.1) is 0 Å². The molecule has 11 rings (SSSR count). The van der Waals surface area contributed by atoms with Crippen molar-refractivity contribution in [2.45, 2.75) is 0 Å². The summed E-state index contributed by atoms with van der Waals surface area (Å²) < 4.78 is 6.57. The summed E-state index contributed by atoms with van der Waals surface area (Å²) in [6.45, 7) is 0. The molecule has 0 atom stereocenters. The normalized spacial score (nSPS) is 11.3. The van der Waals surface area contributed by atoms with Gasteiger partial charge in [0.15, 0.2) is 0 Å². The highest BCUT2D eigenvalue weighted by Gasteiger charge is 2.22. The summed E-state index contributed by atoms with van der Waals surface area (Å²) in [6.07, 6.45) is 0. The Kier molecular flexibility index (Phi) is 8.87. The molecule has 0 saturated carbocycles. The van der Waals surface area contributed by atoms with Crippen molar-refractivity contribution < 1.29 is 4.42 Å². The Balaban J connectivity index is 1.13. The van der Waals surface area contributed by atoms with E-state index >= 15 is 0 Å². The van der Waals surface area contributed by atoms with Gasteiger partial charge >= 0.3 is 0 Å². The van der Waals surface area contributed by atoms with E-state index in [9.17, 15) is 0 Å². The van der Waals surface area contributed by atoms with Crippen LogP contribution in [0.5, 0.6) is 0 Å². The molecule has 11 aromatic rings. The van der Waals surface area contributed by atoms with Crippen molar-refractivity contribution in [3.63, 3.8) is 0 Å². The highest BCUT2D eigenvalue weighted by atomic mass is 16.3. The van der Waals surface area contributed by atoms with Gasteiger partial charge < -0.3 is 9.32 Å². The fraction of sp³-hybridized carbons (Fsp3) is 0. The van der Waals surface area contributed by atoms with E-state index in [0.29, 0.717) is 0 Å². The van der Waals surface area contributed by atoms with Crippen LogP contribution in [0.2, 0.25) is 0 Å². The van der Waals surface area contributed by atoms with Gasteiger partial charge in [0, 0.05) is 33.3 Å². The molecular formula is C58H39NO. The van der Waals surface area contributed by atoms with E-state index < -0.39 is 0 Å². The first-order valence-electron chi connectivity index (χ1n) is 20.5. The van der Waals surface area contributed by atoms with Gasteiger partial charge in [-0.1, -0.05) is 200 Å². The Hall–Kier alpha value is -7.94. The van der Waals surface area contributed by atoms with Crippen LogP contribution in [-0.2, 0) is 0 Å². The lowest BCUT2D eigenvalue weighted by molar-refractivity contribution is 0.670. The predicted molar refractivity (Wildman–Crippen MR) is 253 cm³/mol. The minimum atomic E-state index is 0.893. The molecule has 0 saturated heterocycles. The van der Waals surface area contributed by atoms with Crippen LogP contribution >= 0.6 is 0 Å². The molecule has 0 amide bonds. The van der Waals surface area contributed by atoms with Crippen LogP contribution in [0.25, 0.3) is 88.3 Å². The van der Waals surface area contributed by atoms with Crippen molar-refractivity contribution in [2.75, 3.05) is 4.90 Å². The average molecular weight is 766 g/mol. The summed E-state index contributed by atoms with van der Waals surface area (Å²) in [4.78, 5) is 2.42. The summed E-state index contributed by atoms with van der Waals surface area (Å²) >= 11 is 0.